The lowest BCUT2D eigenvalue weighted by molar-refractivity contribution is 0.622. The van der Waals surface area contributed by atoms with Gasteiger partial charge in [-0.1, -0.05) is 97.1 Å². The van der Waals surface area contributed by atoms with Crippen molar-refractivity contribution in [1.82, 2.24) is 4.98 Å². The molecular formula is C47H28N2O3. The molecule has 52 heavy (non-hydrogen) atoms. The summed E-state index contributed by atoms with van der Waals surface area (Å²) >= 11 is 0. The number of para-hydroxylation sites is 1. The lowest BCUT2D eigenvalue weighted by atomic mass is 9.98. The van der Waals surface area contributed by atoms with Gasteiger partial charge in [0, 0.05) is 33.8 Å². The van der Waals surface area contributed by atoms with Crippen LogP contribution >= 0.6 is 0 Å². The van der Waals surface area contributed by atoms with Gasteiger partial charge in [-0.05, 0) is 88.6 Å². The molecule has 0 aliphatic carbocycles. The van der Waals surface area contributed by atoms with Gasteiger partial charge in [-0.3, -0.25) is 0 Å². The Kier molecular flexibility index (Phi) is 6.18. The van der Waals surface area contributed by atoms with Gasteiger partial charge in [0.15, 0.2) is 5.58 Å². The fourth-order valence-corrected chi connectivity index (χ4v) is 7.71. The third-order valence-corrected chi connectivity index (χ3v) is 10.1. The molecule has 0 aliphatic heterocycles. The Labute approximate surface area is 297 Å². The largest absolute Gasteiger partial charge is 0.456 e. The molecule has 11 aromatic rings. The Balaban J connectivity index is 1.10. The van der Waals surface area contributed by atoms with E-state index in [9.17, 15) is 0 Å². The second-order valence-electron chi connectivity index (χ2n) is 13.1. The number of benzene rings is 8. The summed E-state index contributed by atoms with van der Waals surface area (Å²) in [6, 6.07) is 58.7. The molecule has 0 radical (unpaired) electrons. The van der Waals surface area contributed by atoms with Crippen LogP contribution in [0.25, 0.3) is 88.3 Å². The van der Waals surface area contributed by atoms with E-state index in [1.165, 1.54) is 16.3 Å². The second-order valence-corrected chi connectivity index (χ2v) is 13.1. The monoisotopic (exact) mass is 668 g/mol. The van der Waals surface area contributed by atoms with Crippen LogP contribution in [0.5, 0.6) is 0 Å². The molecule has 0 saturated heterocycles. The fraction of sp³-hybridized carbons (Fsp3) is 0. The van der Waals surface area contributed by atoms with Crippen LogP contribution in [0.15, 0.2) is 183 Å². The minimum absolute atomic E-state index is 0.590. The minimum atomic E-state index is 0.590. The normalized spacial score (nSPS) is 11.8. The van der Waals surface area contributed by atoms with Crippen LogP contribution in [0.3, 0.4) is 0 Å². The third-order valence-electron chi connectivity index (χ3n) is 10.1. The van der Waals surface area contributed by atoms with E-state index < -0.39 is 0 Å². The van der Waals surface area contributed by atoms with E-state index in [0.717, 1.165) is 83.2 Å². The van der Waals surface area contributed by atoms with Crippen molar-refractivity contribution in [2.45, 2.75) is 0 Å². The number of oxazole rings is 1. The van der Waals surface area contributed by atoms with Crippen molar-refractivity contribution in [3.63, 3.8) is 0 Å². The molecule has 0 amide bonds. The highest BCUT2D eigenvalue weighted by Gasteiger charge is 2.22. The fourth-order valence-electron chi connectivity index (χ4n) is 7.71. The summed E-state index contributed by atoms with van der Waals surface area (Å²) in [7, 11) is 0. The lowest BCUT2D eigenvalue weighted by Crippen LogP contribution is -2.10. The Morgan fingerprint density at radius 3 is 2.02 bits per heavy atom. The van der Waals surface area contributed by atoms with Crippen molar-refractivity contribution in [1.29, 1.82) is 0 Å². The maximum Gasteiger partial charge on any atom is 0.227 e. The molecule has 0 fully saturated rings. The van der Waals surface area contributed by atoms with E-state index in [2.05, 4.69) is 114 Å². The SMILES string of the molecule is c1ccc(-c2nc3ccc4oc5cc(N(c6ccc(-c7cccc8ccccc78)cc6)c6cccc7oc8ccccc8c67)ccc5c4c3o2)cc1. The van der Waals surface area contributed by atoms with E-state index in [1.807, 2.05) is 60.7 Å². The van der Waals surface area contributed by atoms with Gasteiger partial charge in [0.05, 0.1) is 16.5 Å². The van der Waals surface area contributed by atoms with Crippen molar-refractivity contribution in [2.75, 3.05) is 4.90 Å². The first-order valence-corrected chi connectivity index (χ1v) is 17.4. The molecule has 11 rings (SSSR count). The number of furan rings is 2. The van der Waals surface area contributed by atoms with Crippen LogP contribution in [0.1, 0.15) is 0 Å². The molecule has 0 atom stereocenters. The first kappa shape index (κ1) is 28.7. The molecule has 0 saturated carbocycles. The summed E-state index contributed by atoms with van der Waals surface area (Å²) < 4.78 is 19.3. The molecule has 0 spiro atoms. The van der Waals surface area contributed by atoms with Crippen LogP contribution in [0.2, 0.25) is 0 Å². The number of fused-ring (bicyclic) bond motifs is 9. The molecule has 0 N–H and O–H groups in total. The van der Waals surface area contributed by atoms with Gasteiger partial charge in [0.1, 0.15) is 27.8 Å². The molecule has 8 aromatic carbocycles. The summed E-state index contributed by atoms with van der Waals surface area (Å²) in [4.78, 5) is 7.11. The summed E-state index contributed by atoms with van der Waals surface area (Å²) in [5.74, 6) is 0.590. The highest BCUT2D eigenvalue weighted by molar-refractivity contribution is 6.18. The Morgan fingerprint density at radius 1 is 0.423 bits per heavy atom. The van der Waals surface area contributed by atoms with Gasteiger partial charge in [-0.15, -0.1) is 0 Å². The van der Waals surface area contributed by atoms with Gasteiger partial charge >= 0.3 is 0 Å². The molecule has 3 heterocycles. The van der Waals surface area contributed by atoms with Gasteiger partial charge < -0.3 is 18.2 Å². The van der Waals surface area contributed by atoms with Gasteiger partial charge in [0.25, 0.3) is 0 Å². The highest BCUT2D eigenvalue weighted by atomic mass is 16.4. The molecule has 0 aliphatic rings. The van der Waals surface area contributed by atoms with E-state index in [-0.39, 0.29) is 0 Å². The van der Waals surface area contributed by atoms with Gasteiger partial charge in [-0.25, -0.2) is 4.98 Å². The second kappa shape index (κ2) is 11.2. The Morgan fingerprint density at radius 2 is 1.12 bits per heavy atom. The zero-order chi connectivity index (χ0) is 34.2. The predicted octanol–water partition coefficient (Wildman–Crippen LogP) is 13.6. The maximum atomic E-state index is 6.57. The van der Waals surface area contributed by atoms with E-state index >= 15 is 0 Å². The number of hydrogen-bond donors (Lipinski definition) is 0. The number of aromatic nitrogens is 1. The van der Waals surface area contributed by atoms with Crippen LogP contribution in [0.4, 0.5) is 17.1 Å². The summed E-state index contributed by atoms with van der Waals surface area (Å²) in [6.45, 7) is 0. The highest BCUT2D eigenvalue weighted by Crippen LogP contribution is 2.45. The van der Waals surface area contributed by atoms with Crippen LogP contribution in [0, 0.1) is 0 Å². The van der Waals surface area contributed by atoms with Crippen LogP contribution < -0.4 is 4.90 Å². The van der Waals surface area contributed by atoms with Crippen LogP contribution in [-0.4, -0.2) is 4.98 Å². The average molecular weight is 669 g/mol. The van der Waals surface area contributed by atoms with Crippen molar-refractivity contribution < 1.29 is 13.3 Å². The van der Waals surface area contributed by atoms with E-state index in [1.54, 1.807) is 0 Å². The first-order chi connectivity index (χ1) is 25.8. The quantitative estimate of drug-likeness (QED) is 0.183. The van der Waals surface area contributed by atoms with E-state index in [0.29, 0.717) is 5.89 Å². The van der Waals surface area contributed by atoms with Crippen molar-refractivity contribution in [3.8, 4) is 22.6 Å². The predicted molar refractivity (Wildman–Crippen MR) is 212 cm³/mol. The standard InChI is InChI=1S/C47H28N2O3/c1-2-11-31(12-3-1)47-48-38-26-27-42-45(46(38)52-47)37-25-24-33(28-43(37)51-42)49(39-17-9-19-41-44(39)36-15-6-7-18-40(36)50-41)32-22-20-30(21-23-32)35-16-8-13-29-10-4-5-14-34(29)35/h1-28H. The summed E-state index contributed by atoms with van der Waals surface area (Å²) in [6.07, 6.45) is 0. The van der Waals surface area contributed by atoms with Gasteiger partial charge in [-0.2, -0.15) is 0 Å². The van der Waals surface area contributed by atoms with Crippen LogP contribution in [-0.2, 0) is 0 Å². The molecule has 5 heteroatoms. The maximum absolute atomic E-state index is 6.57. The lowest BCUT2D eigenvalue weighted by Gasteiger charge is -2.26. The first-order valence-electron chi connectivity index (χ1n) is 17.4. The Hall–Kier alpha value is -7.11. The molecule has 0 unspecified atom stereocenters. The molecule has 244 valence electrons. The van der Waals surface area contributed by atoms with Crippen molar-refractivity contribution >= 4 is 82.8 Å². The number of nitrogens with zero attached hydrogens (tertiary/aromatic N) is 2. The number of anilines is 3. The molecule has 0 bridgehead atoms. The van der Waals surface area contributed by atoms with Gasteiger partial charge in [0.2, 0.25) is 5.89 Å². The molecule has 5 nitrogen and oxygen atoms in total. The van der Waals surface area contributed by atoms with Crippen molar-refractivity contribution in [2.24, 2.45) is 0 Å². The summed E-state index contributed by atoms with van der Waals surface area (Å²) in [5, 5.41) is 6.47. The molecule has 3 aromatic heterocycles. The number of rotatable bonds is 5. The number of hydrogen-bond acceptors (Lipinski definition) is 5. The molecular weight excluding hydrogens is 641 g/mol. The van der Waals surface area contributed by atoms with E-state index in [4.69, 9.17) is 18.2 Å². The smallest absolute Gasteiger partial charge is 0.227 e. The third kappa shape index (κ3) is 4.39. The summed E-state index contributed by atoms with van der Waals surface area (Å²) in [5.41, 5.74) is 11.0. The average Bonchev–Trinajstić information content (AvgIpc) is 3.92. The Bertz CT molecular complexity index is 3130. The minimum Gasteiger partial charge on any atom is -0.456 e. The topological polar surface area (TPSA) is 55.6 Å². The zero-order valence-corrected chi connectivity index (χ0v) is 27.8. The van der Waals surface area contributed by atoms with Crippen molar-refractivity contribution in [3.05, 3.63) is 170 Å². The zero-order valence-electron chi connectivity index (χ0n) is 27.8.